The fraction of sp³-hybridized carbons (Fsp3) is 0.533. The zero-order valence-corrected chi connectivity index (χ0v) is 27.5. The molecular weight excluding hydrogens is 608 g/mol. The highest BCUT2D eigenvalue weighted by molar-refractivity contribution is 7.89. The molecule has 0 aliphatic carbocycles. The molecule has 0 unspecified atom stereocenters. The Morgan fingerprint density at radius 1 is 0.636 bits per heavy atom. The molecule has 1 aliphatic heterocycles. The van der Waals surface area contributed by atoms with E-state index in [4.69, 9.17) is 9.47 Å². The zero-order valence-electron chi connectivity index (χ0n) is 25.8. The average molecular weight is 653 g/mol. The van der Waals surface area contributed by atoms with E-state index in [1.54, 1.807) is 38.1 Å². The maximum absolute atomic E-state index is 13.4. The second-order valence-corrected chi connectivity index (χ2v) is 14.1. The largest absolute Gasteiger partial charge is 0.378 e. The first-order valence-corrected chi connectivity index (χ1v) is 17.8. The van der Waals surface area contributed by atoms with E-state index in [-0.39, 0.29) is 87.1 Å². The van der Waals surface area contributed by atoms with E-state index < -0.39 is 32.1 Å². The van der Waals surface area contributed by atoms with Crippen LogP contribution in [0.5, 0.6) is 0 Å². The minimum absolute atomic E-state index is 0.0853. The Morgan fingerprint density at radius 3 is 1.20 bits per heavy atom. The summed E-state index contributed by atoms with van der Waals surface area (Å²) < 4.78 is 68.3. The van der Waals surface area contributed by atoms with Gasteiger partial charge in [0.1, 0.15) is 12.1 Å². The Labute approximate surface area is 261 Å². The SMILES string of the molecule is CC[C@H](NS(=O)(=O)c1ccc(C)cc1)C(=O)N1CCOCCN(C(=O)[C@@H](CC)NS(=O)(=O)c2ccc(C)cc2)CCOCC1. The molecule has 12 nitrogen and oxygen atoms in total. The molecule has 1 heterocycles. The van der Waals surface area contributed by atoms with Crippen LogP contribution in [0.15, 0.2) is 58.3 Å². The number of nitrogens with one attached hydrogen (secondary N) is 2. The van der Waals surface area contributed by atoms with Gasteiger partial charge in [-0.2, -0.15) is 9.44 Å². The molecule has 244 valence electrons. The number of aryl methyl sites for hydroxylation is 2. The lowest BCUT2D eigenvalue weighted by atomic mass is 10.2. The van der Waals surface area contributed by atoms with E-state index in [1.807, 2.05) is 13.8 Å². The molecule has 1 fully saturated rings. The smallest absolute Gasteiger partial charge is 0.241 e. The molecule has 0 bridgehead atoms. The number of amides is 2. The van der Waals surface area contributed by atoms with Crippen molar-refractivity contribution in [1.29, 1.82) is 0 Å². The molecule has 2 aromatic rings. The third-order valence-corrected chi connectivity index (χ3v) is 10.3. The molecule has 44 heavy (non-hydrogen) atoms. The number of carbonyl (C=O) groups is 2. The lowest BCUT2D eigenvalue weighted by Gasteiger charge is -2.30. The monoisotopic (exact) mass is 652 g/mol. The van der Waals surface area contributed by atoms with Gasteiger partial charge < -0.3 is 19.3 Å². The van der Waals surface area contributed by atoms with Crippen LogP contribution in [-0.2, 0) is 39.1 Å². The number of benzene rings is 2. The highest BCUT2D eigenvalue weighted by atomic mass is 32.2. The van der Waals surface area contributed by atoms with Crippen LogP contribution in [0.4, 0.5) is 0 Å². The summed E-state index contributed by atoms with van der Waals surface area (Å²) in [5.41, 5.74) is 1.85. The average Bonchev–Trinajstić information content (AvgIpc) is 2.99. The fourth-order valence-electron chi connectivity index (χ4n) is 4.57. The predicted octanol–water partition coefficient (Wildman–Crippen LogP) is 1.82. The molecule has 2 amide bonds. The third-order valence-electron chi connectivity index (χ3n) is 7.32. The van der Waals surface area contributed by atoms with Crippen molar-refractivity contribution in [2.75, 3.05) is 52.6 Å². The maximum atomic E-state index is 13.4. The van der Waals surface area contributed by atoms with Gasteiger partial charge in [-0.25, -0.2) is 16.8 Å². The van der Waals surface area contributed by atoms with Crippen LogP contribution in [0.2, 0.25) is 0 Å². The van der Waals surface area contributed by atoms with Crippen molar-refractivity contribution >= 4 is 31.9 Å². The molecule has 2 N–H and O–H groups in total. The van der Waals surface area contributed by atoms with Crippen molar-refractivity contribution in [2.45, 2.75) is 62.4 Å². The first kappa shape index (κ1) is 35.6. The summed E-state index contributed by atoms with van der Waals surface area (Å²) in [5, 5.41) is 0. The molecule has 2 atom stereocenters. The van der Waals surface area contributed by atoms with E-state index in [0.717, 1.165) is 11.1 Å². The topological polar surface area (TPSA) is 151 Å². The summed E-state index contributed by atoms with van der Waals surface area (Å²) in [4.78, 5) is 29.9. The second-order valence-electron chi connectivity index (χ2n) is 10.7. The Morgan fingerprint density at radius 2 is 0.932 bits per heavy atom. The minimum atomic E-state index is -3.91. The molecule has 3 rings (SSSR count). The first-order chi connectivity index (χ1) is 20.9. The lowest BCUT2D eigenvalue weighted by molar-refractivity contribution is -0.136. The van der Waals surface area contributed by atoms with Crippen LogP contribution in [0.25, 0.3) is 0 Å². The third kappa shape index (κ3) is 10.1. The summed E-state index contributed by atoms with van der Waals surface area (Å²) >= 11 is 0. The van der Waals surface area contributed by atoms with E-state index >= 15 is 0 Å². The van der Waals surface area contributed by atoms with Gasteiger partial charge in [0.15, 0.2) is 0 Å². The quantitative estimate of drug-likeness (QED) is 0.395. The van der Waals surface area contributed by atoms with Crippen LogP contribution in [-0.4, -0.2) is 103 Å². The molecular formula is C30H44N4O8S2. The summed E-state index contributed by atoms with van der Waals surface area (Å²) in [6, 6.07) is 10.9. The normalized spacial score (nSPS) is 17.3. The summed E-state index contributed by atoms with van der Waals surface area (Å²) in [6.45, 7) is 8.63. The van der Waals surface area contributed by atoms with E-state index in [9.17, 15) is 26.4 Å². The number of nitrogens with zero attached hydrogens (tertiary/aromatic N) is 2. The summed E-state index contributed by atoms with van der Waals surface area (Å²) in [7, 11) is -7.81. The number of carbonyl (C=O) groups excluding carboxylic acids is 2. The molecule has 14 heteroatoms. The van der Waals surface area contributed by atoms with Crippen molar-refractivity contribution in [3.8, 4) is 0 Å². The number of hydrogen-bond acceptors (Lipinski definition) is 8. The van der Waals surface area contributed by atoms with Crippen LogP contribution in [0.1, 0.15) is 37.8 Å². The molecule has 1 aliphatic rings. The molecule has 0 radical (unpaired) electrons. The van der Waals surface area contributed by atoms with Crippen LogP contribution in [0.3, 0.4) is 0 Å². The van der Waals surface area contributed by atoms with Gasteiger partial charge in [0.2, 0.25) is 31.9 Å². The molecule has 2 aromatic carbocycles. The van der Waals surface area contributed by atoms with Crippen molar-refractivity contribution in [3.05, 3.63) is 59.7 Å². The molecule has 0 spiro atoms. The Bertz CT molecular complexity index is 1330. The standard InChI is InChI=1S/C30H44N4O8S2/c1-5-27(31-43(37,38)25-11-7-23(3)8-12-25)29(35)33-15-19-41-21-17-34(18-22-42-20-16-33)30(36)28(6-2)32-44(39,40)26-13-9-24(4)10-14-26/h7-14,27-28,31-32H,5-6,15-22H2,1-4H3/t27-,28+. The zero-order chi connectivity index (χ0) is 32.3. The highest BCUT2D eigenvalue weighted by Gasteiger charge is 2.30. The highest BCUT2D eigenvalue weighted by Crippen LogP contribution is 2.14. The first-order valence-electron chi connectivity index (χ1n) is 14.8. The van der Waals surface area contributed by atoms with Gasteiger partial charge in [-0.1, -0.05) is 49.2 Å². The van der Waals surface area contributed by atoms with Crippen molar-refractivity contribution in [2.24, 2.45) is 0 Å². The summed E-state index contributed by atoms with van der Waals surface area (Å²) in [5.74, 6) is -0.758. The maximum Gasteiger partial charge on any atom is 0.241 e. The number of rotatable bonds is 10. The van der Waals surface area contributed by atoms with Gasteiger partial charge in [0, 0.05) is 26.2 Å². The van der Waals surface area contributed by atoms with Crippen molar-refractivity contribution < 1.29 is 35.9 Å². The molecule has 0 saturated carbocycles. The van der Waals surface area contributed by atoms with Crippen LogP contribution < -0.4 is 9.44 Å². The van der Waals surface area contributed by atoms with Crippen molar-refractivity contribution in [1.82, 2.24) is 19.2 Å². The van der Waals surface area contributed by atoms with Crippen LogP contribution >= 0.6 is 0 Å². The van der Waals surface area contributed by atoms with Gasteiger partial charge in [-0.05, 0) is 51.0 Å². The Hall–Kier alpha value is -2.88. The van der Waals surface area contributed by atoms with Gasteiger partial charge in [0.05, 0.1) is 36.2 Å². The number of ether oxygens (including phenoxy) is 2. The number of sulfonamides is 2. The van der Waals surface area contributed by atoms with Crippen LogP contribution in [0, 0.1) is 13.8 Å². The lowest BCUT2D eigenvalue weighted by Crippen LogP contribution is -2.51. The molecule has 1 saturated heterocycles. The second kappa shape index (κ2) is 16.4. The fourth-order valence-corrected chi connectivity index (χ4v) is 7.12. The van der Waals surface area contributed by atoms with E-state index in [1.165, 1.54) is 34.1 Å². The van der Waals surface area contributed by atoms with Gasteiger partial charge in [0.25, 0.3) is 0 Å². The number of hydrogen-bond donors (Lipinski definition) is 2. The minimum Gasteiger partial charge on any atom is -0.378 e. The van der Waals surface area contributed by atoms with Gasteiger partial charge in [-0.3, -0.25) is 9.59 Å². The van der Waals surface area contributed by atoms with E-state index in [2.05, 4.69) is 9.44 Å². The Balaban J connectivity index is 1.59. The van der Waals surface area contributed by atoms with Gasteiger partial charge in [-0.15, -0.1) is 0 Å². The van der Waals surface area contributed by atoms with E-state index in [0.29, 0.717) is 0 Å². The molecule has 0 aromatic heterocycles. The Kier molecular flexibility index (Phi) is 13.3. The van der Waals surface area contributed by atoms with Gasteiger partial charge >= 0.3 is 0 Å². The predicted molar refractivity (Wildman–Crippen MR) is 166 cm³/mol. The summed E-state index contributed by atoms with van der Waals surface area (Å²) in [6.07, 6.45) is 0.511. The van der Waals surface area contributed by atoms with Crippen molar-refractivity contribution in [3.63, 3.8) is 0 Å².